The van der Waals surface area contributed by atoms with Crippen molar-refractivity contribution in [3.63, 3.8) is 0 Å². The Labute approximate surface area is 102 Å². The molecule has 0 bridgehead atoms. The molecule has 0 aromatic carbocycles. The van der Waals surface area contributed by atoms with Gasteiger partial charge < -0.3 is 10.2 Å². The van der Waals surface area contributed by atoms with E-state index in [1.807, 2.05) is 32.7 Å². The van der Waals surface area contributed by atoms with E-state index in [-0.39, 0.29) is 5.91 Å². The van der Waals surface area contributed by atoms with Crippen molar-refractivity contribution in [1.29, 1.82) is 0 Å². The summed E-state index contributed by atoms with van der Waals surface area (Å²) in [5.74, 6) is 0.113. The zero-order chi connectivity index (χ0) is 12.6. The molecule has 0 saturated carbocycles. The molecular weight excluding hydrogens is 216 g/mol. The number of hydrogen-bond donors (Lipinski definition) is 1. The van der Waals surface area contributed by atoms with Crippen LogP contribution in [0.2, 0.25) is 0 Å². The van der Waals surface area contributed by atoms with Crippen LogP contribution in [-0.2, 0) is 7.05 Å². The van der Waals surface area contributed by atoms with Gasteiger partial charge in [0.15, 0.2) is 0 Å². The first-order valence-electron chi connectivity index (χ1n) is 6.08. The van der Waals surface area contributed by atoms with Crippen LogP contribution in [0.15, 0.2) is 0 Å². The third kappa shape index (κ3) is 1.95. The van der Waals surface area contributed by atoms with Crippen LogP contribution >= 0.6 is 0 Å². The number of aryl methyl sites for hydroxylation is 2. The van der Waals surface area contributed by atoms with E-state index in [0.29, 0.717) is 6.04 Å². The van der Waals surface area contributed by atoms with Gasteiger partial charge in [-0.05, 0) is 20.8 Å². The molecule has 17 heavy (non-hydrogen) atoms. The Bertz CT molecular complexity index is 434. The fourth-order valence-electron chi connectivity index (χ4n) is 2.29. The molecule has 5 heteroatoms. The molecular formula is C12H20N4O. The van der Waals surface area contributed by atoms with Crippen molar-refractivity contribution in [3.8, 4) is 0 Å². The molecule has 0 atom stereocenters. The molecule has 1 aromatic heterocycles. The van der Waals surface area contributed by atoms with Crippen LogP contribution in [0.1, 0.15) is 28.7 Å². The summed E-state index contributed by atoms with van der Waals surface area (Å²) in [4.78, 5) is 14.4. The number of rotatable bonds is 3. The van der Waals surface area contributed by atoms with Crippen LogP contribution in [0.25, 0.3) is 0 Å². The highest BCUT2D eigenvalue weighted by molar-refractivity contribution is 5.96. The topological polar surface area (TPSA) is 50.2 Å². The number of likely N-dealkylation sites (N-methyl/N-ethyl adjacent to an activating group) is 1. The lowest BCUT2D eigenvalue weighted by molar-refractivity contribution is 0.0628. The average molecular weight is 236 g/mol. The third-order valence-corrected chi connectivity index (χ3v) is 3.53. The summed E-state index contributed by atoms with van der Waals surface area (Å²) < 4.78 is 1.77. The van der Waals surface area contributed by atoms with E-state index >= 15 is 0 Å². The van der Waals surface area contributed by atoms with Crippen molar-refractivity contribution in [1.82, 2.24) is 20.0 Å². The maximum absolute atomic E-state index is 12.5. The van der Waals surface area contributed by atoms with Gasteiger partial charge in [-0.3, -0.25) is 9.48 Å². The Kier molecular flexibility index (Phi) is 3.19. The normalized spacial score (nSPS) is 15.8. The monoisotopic (exact) mass is 236 g/mol. The van der Waals surface area contributed by atoms with Gasteiger partial charge in [-0.2, -0.15) is 5.10 Å². The van der Waals surface area contributed by atoms with Crippen molar-refractivity contribution < 1.29 is 4.79 Å². The molecule has 0 aliphatic carbocycles. The summed E-state index contributed by atoms with van der Waals surface area (Å²) in [5, 5.41) is 7.51. The lowest BCUT2D eigenvalue weighted by Crippen LogP contribution is -2.58. The third-order valence-electron chi connectivity index (χ3n) is 3.53. The minimum Gasteiger partial charge on any atom is -0.333 e. The standard InChI is InChI=1S/C12H20N4O/c1-5-16(10-6-13-7-10)12(17)11-8(2)14-15(4)9(11)3/h10,13H,5-7H2,1-4H3. The zero-order valence-electron chi connectivity index (χ0n) is 10.9. The number of hydrogen-bond acceptors (Lipinski definition) is 3. The molecule has 1 N–H and O–H groups in total. The highest BCUT2D eigenvalue weighted by Crippen LogP contribution is 2.17. The van der Waals surface area contributed by atoms with Crippen molar-refractivity contribution >= 4 is 5.91 Å². The number of nitrogens with one attached hydrogen (secondary N) is 1. The van der Waals surface area contributed by atoms with Gasteiger partial charge in [0.1, 0.15) is 0 Å². The minimum absolute atomic E-state index is 0.113. The second-order valence-corrected chi connectivity index (χ2v) is 4.57. The van der Waals surface area contributed by atoms with Crippen LogP contribution in [0.5, 0.6) is 0 Å². The smallest absolute Gasteiger partial charge is 0.257 e. The lowest BCUT2D eigenvalue weighted by Gasteiger charge is -2.37. The van der Waals surface area contributed by atoms with Crippen molar-refractivity contribution in [3.05, 3.63) is 17.0 Å². The van der Waals surface area contributed by atoms with Gasteiger partial charge in [-0.1, -0.05) is 0 Å². The van der Waals surface area contributed by atoms with Gasteiger partial charge in [-0.15, -0.1) is 0 Å². The van der Waals surface area contributed by atoms with Crippen molar-refractivity contribution in [2.75, 3.05) is 19.6 Å². The Morgan fingerprint density at radius 3 is 2.53 bits per heavy atom. The zero-order valence-corrected chi connectivity index (χ0v) is 10.9. The predicted octanol–water partition coefficient (Wildman–Crippen LogP) is 0.471. The van der Waals surface area contributed by atoms with E-state index in [1.165, 1.54) is 0 Å². The molecule has 5 nitrogen and oxygen atoms in total. The van der Waals surface area contributed by atoms with Gasteiger partial charge in [0.05, 0.1) is 17.3 Å². The molecule has 94 valence electrons. The fourth-order valence-corrected chi connectivity index (χ4v) is 2.29. The van der Waals surface area contributed by atoms with Gasteiger partial charge in [0.2, 0.25) is 0 Å². The summed E-state index contributed by atoms with van der Waals surface area (Å²) in [7, 11) is 1.88. The van der Waals surface area contributed by atoms with Gasteiger partial charge in [0.25, 0.3) is 5.91 Å². The summed E-state index contributed by atoms with van der Waals surface area (Å²) in [6, 6.07) is 0.339. The van der Waals surface area contributed by atoms with E-state index in [1.54, 1.807) is 4.68 Å². The number of amides is 1. The van der Waals surface area contributed by atoms with E-state index in [2.05, 4.69) is 10.4 Å². The van der Waals surface area contributed by atoms with E-state index in [4.69, 9.17) is 0 Å². The van der Waals surface area contributed by atoms with Crippen LogP contribution in [0, 0.1) is 13.8 Å². The molecule has 1 aliphatic heterocycles. The van der Waals surface area contributed by atoms with Crippen LogP contribution in [-0.4, -0.2) is 46.3 Å². The number of carbonyl (C=O) groups excluding carboxylic acids is 1. The Morgan fingerprint density at radius 1 is 1.53 bits per heavy atom. The average Bonchev–Trinajstić information content (AvgIpc) is 2.46. The molecule has 1 amide bonds. The molecule has 1 fully saturated rings. The summed E-state index contributed by atoms with van der Waals surface area (Å²) in [6.45, 7) is 8.42. The van der Waals surface area contributed by atoms with Crippen LogP contribution < -0.4 is 5.32 Å². The molecule has 2 heterocycles. The maximum atomic E-state index is 12.5. The molecule has 0 unspecified atom stereocenters. The first kappa shape index (κ1) is 12.1. The lowest BCUT2D eigenvalue weighted by atomic mass is 10.1. The Balaban J connectivity index is 2.28. The number of nitrogens with zero attached hydrogens (tertiary/aromatic N) is 3. The first-order chi connectivity index (χ1) is 8.06. The second-order valence-electron chi connectivity index (χ2n) is 4.57. The molecule has 0 spiro atoms. The minimum atomic E-state index is 0.113. The van der Waals surface area contributed by atoms with E-state index in [0.717, 1.165) is 36.6 Å². The molecule has 1 saturated heterocycles. The number of aromatic nitrogens is 2. The first-order valence-corrected chi connectivity index (χ1v) is 6.08. The maximum Gasteiger partial charge on any atom is 0.257 e. The van der Waals surface area contributed by atoms with Gasteiger partial charge >= 0.3 is 0 Å². The van der Waals surface area contributed by atoms with Crippen molar-refractivity contribution in [2.45, 2.75) is 26.8 Å². The summed E-state index contributed by atoms with van der Waals surface area (Å²) in [5.41, 5.74) is 2.53. The SMILES string of the molecule is CCN(C(=O)c1c(C)nn(C)c1C)C1CNC1. The van der Waals surface area contributed by atoms with E-state index in [9.17, 15) is 4.79 Å². The summed E-state index contributed by atoms with van der Waals surface area (Å²) >= 11 is 0. The number of carbonyl (C=O) groups is 1. The molecule has 0 radical (unpaired) electrons. The molecule has 1 aromatic rings. The summed E-state index contributed by atoms with van der Waals surface area (Å²) in [6.07, 6.45) is 0. The quantitative estimate of drug-likeness (QED) is 0.830. The predicted molar refractivity (Wildman–Crippen MR) is 66.1 cm³/mol. The van der Waals surface area contributed by atoms with Gasteiger partial charge in [-0.25, -0.2) is 0 Å². The Morgan fingerprint density at radius 2 is 2.18 bits per heavy atom. The van der Waals surface area contributed by atoms with Crippen LogP contribution in [0.4, 0.5) is 0 Å². The van der Waals surface area contributed by atoms with Gasteiger partial charge in [0, 0.05) is 32.4 Å². The van der Waals surface area contributed by atoms with E-state index < -0.39 is 0 Å². The fraction of sp³-hybridized carbons (Fsp3) is 0.667. The Hall–Kier alpha value is -1.36. The molecule has 2 rings (SSSR count). The second kappa shape index (κ2) is 4.49. The molecule has 1 aliphatic rings. The highest BCUT2D eigenvalue weighted by Gasteiger charge is 2.30. The highest BCUT2D eigenvalue weighted by atomic mass is 16.2. The largest absolute Gasteiger partial charge is 0.333 e. The van der Waals surface area contributed by atoms with Crippen molar-refractivity contribution in [2.24, 2.45) is 7.05 Å². The van der Waals surface area contributed by atoms with Crippen LogP contribution in [0.3, 0.4) is 0 Å².